The van der Waals surface area contributed by atoms with Crippen LogP contribution >= 0.6 is 0 Å². The normalized spacial score (nSPS) is 19.9. The number of benzene rings is 2. The fourth-order valence-electron chi connectivity index (χ4n) is 5.22. The monoisotopic (exact) mass is 507 g/mol. The van der Waals surface area contributed by atoms with Gasteiger partial charge in [-0.1, -0.05) is 24.1 Å². The number of hydrogen-bond acceptors (Lipinski definition) is 7. The Bertz CT molecular complexity index is 1180. The summed E-state index contributed by atoms with van der Waals surface area (Å²) < 4.78 is 16.5. The van der Waals surface area contributed by atoms with Crippen LogP contribution in [0.1, 0.15) is 60.9 Å². The van der Waals surface area contributed by atoms with Crippen molar-refractivity contribution in [1.82, 2.24) is 9.91 Å². The van der Waals surface area contributed by atoms with Gasteiger partial charge in [0.25, 0.3) is 5.91 Å². The fourth-order valence-corrected chi connectivity index (χ4v) is 5.22. The lowest BCUT2D eigenvalue weighted by atomic mass is 9.94. The maximum Gasteiger partial charge on any atom is 0.323 e. The molecule has 0 N–H and O–H groups in total. The number of likely N-dealkylation sites (tertiary alicyclic amines) is 1. The molecule has 8 nitrogen and oxygen atoms in total. The van der Waals surface area contributed by atoms with Gasteiger partial charge in [-0.05, 0) is 70.0 Å². The summed E-state index contributed by atoms with van der Waals surface area (Å²) in [6.07, 6.45) is 3.11. The molecule has 0 aliphatic carbocycles. The molecule has 198 valence electrons. The van der Waals surface area contributed by atoms with Gasteiger partial charge in [-0.25, -0.2) is 5.01 Å². The molecule has 0 unspecified atom stereocenters. The molecule has 2 aliphatic rings. The van der Waals surface area contributed by atoms with Crippen molar-refractivity contribution in [2.45, 2.75) is 58.5 Å². The van der Waals surface area contributed by atoms with Gasteiger partial charge in [-0.3, -0.25) is 14.5 Å². The van der Waals surface area contributed by atoms with Crippen LogP contribution in [0.3, 0.4) is 0 Å². The molecule has 1 amide bonds. The fraction of sp³-hybridized carbons (Fsp3) is 0.483. The predicted molar refractivity (Wildman–Crippen MR) is 142 cm³/mol. The zero-order valence-electron chi connectivity index (χ0n) is 22.5. The first-order valence-electron chi connectivity index (χ1n) is 13.0. The van der Waals surface area contributed by atoms with Gasteiger partial charge in [0.15, 0.2) is 0 Å². The highest BCUT2D eigenvalue weighted by atomic mass is 16.5. The van der Waals surface area contributed by atoms with Crippen molar-refractivity contribution in [1.29, 1.82) is 0 Å². The number of aryl methyl sites for hydroxylation is 2. The number of hydrogen-bond donors (Lipinski definition) is 0. The zero-order valence-corrected chi connectivity index (χ0v) is 22.5. The van der Waals surface area contributed by atoms with Gasteiger partial charge in [0, 0.05) is 17.5 Å². The van der Waals surface area contributed by atoms with E-state index in [-0.39, 0.29) is 24.5 Å². The molecule has 0 saturated carbocycles. The average molecular weight is 508 g/mol. The highest BCUT2D eigenvalue weighted by Gasteiger charge is 2.38. The molecule has 2 aliphatic heterocycles. The number of ether oxygens (including phenoxy) is 3. The molecule has 0 spiro atoms. The van der Waals surface area contributed by atoms with Gasteiger partial charge in [0.2, 0.25) is 0 Å². The van der Waals surface area contributed by atoms with Gasteiger partial charge in [-0.2, -0.15) is 5.10 Å². The maximum atomic E-state index is 13.9. The summed E-state index contributed by atoms with van der Waals surface area (Å²) in [4.78, 5) is 28.4. The lowest BCUT2D eigenvalue weighted by Crippen LogP contribution is -2.49. The quantitative estimate of drug-likeness (QED) is 0.492. The lowest BCUT2D eigenvalue weighted by Gasteiger charge is -2.34. The highest BCUT2D eigenvalue weighted by molar-refractivity contribution is 6.04. The Balaban J connectivity index is 1.70. The van der Waals surface area contributed by atoms with Crippen molar-refractivity contribution in [2.75, 3.05) is 33.9 Å². The molecule has 1 fully saturated rings. The van der Waals surface area contributed by atoms with Crippen LogP contribution in [0.25, 0.3) is 0 Å². The van der Waals surface area contributed by atoms with Crippen LogP contribution in [0.5, 0.6) is 11.5 Å². The summed E-state index contributed by atoms with van der Waals surface area (Å²) in [6.45, 7) is 7.00. The first-order valence-corrected chi connectivity index (χ1v) is 13.0. The number of amides is 1. The smallest absolute Gasteiger partial charge is 0.323 e. The Morgan fingerprint density at radius 1 is 1.05 bits per heavy atom. The number of carbonyl (C=O) groups excluding carboxylic acids is 2. The van der Waals surface area contributed by atoms with E-state index in [0.29, 0.717) is 37.5 Å². The topological polar surface area (TPSA) is 80.7 Å². The molecule has 2 aromatic rings. The second-order valence-corrected chi connectivity index (χ2v) is 9.67. The van der Waals surface area contributed by atoms with E-state index >= 15 is 0 Å². The van der Waals surface area contributed by atoms with E-state index in [9.17, 15) is 9.59 Å². The maximum absolute atomic E-state index is 13.9. The summed E-state index contributed by atoms with van der Waals surface area (Å²) in [7, 11) is 3.24. The van der Waals surface area contributed by atoms with Crippen molar-refractivity contribution in [3.63, 3.8) is 0 Å². The molecule has 2 aromatic carbocycles. The molecular formula is C29H37N3O5. The number of esters is 1. The molecule has 4 rings (SSSR count). The van der Waals surface area contributed by atoms with Crippen LogP contribution in [0, 0.1) is 13.8 Å². The molecule has 2 heterocycles. The van der Waals surface area contributed by atoms with Crippen molar-refractivity contribution < 1.29 is 23.8 Å². The standard InChI is InChI=1S/C29H37N3O5/c1-6-37-29(34)25-9-7-8-14-31(25)18-28(33)32-26(23-16-21(35-4)12-13-27(23)36-5)17-24(30-32)22-15-19(2)10-11-20(22)3/h10-13,15-16,25-26H,6-9,14,17-18H2,1-5H3/t25-,26-/m0/s1. The van der Waals surface area contributed by atoms with Crippen molar-refractivity contribution in [2.24, 2.45) is 5.10 Å². The summed E-state index contributed by atoms with van der Waals surface area (Å²) in [5.74, 6) is 0.929. The summed E-state index contributed by atoms with van der Waals surface area (Å²) in [5, 5.41) is 6.46. The van der Waals surface area contributed by atoms with Gasteiger partial charge in [0.1, 0.15) is 17.5 Å². The first kappa shape index (κ1) is 26.7. The third-order valence-corrected chi connectivity index (χ3v) is 7.18. The van der Waals surface area contributed by atoms with Crippen molar-refractivity contribution in [3.05, 3.63) is 58.7 Å². The van der Waals surface area contributed by atoms with Crippen molar-refractivity contribution in [3.8, 4) is 11.5 Å². The summed E-state index contributed by atoms with van der Waals surface area (Å²) in [5.41, 5.74) is 4.96. The van der Waals surface area contributed by atoms with Crippen LogP contribution in [-0.4, -0.2) is 67.5 Å². The number of piperidine rings is 1. The van der Waals surface area contributed by atoms with Crippen LogP contribution in [0.2, 0.25) is 0 Å². The first-order chi connectivity index (χ1) is 17.9. The number of rotatable bonds is 8. The van der Waals surface area contributed by atoms with E-state index in [4.69, 9.17) is 19.3 Å². The molecule has 1 saturated heterocycles. The van der Waals surface area contributed by atoms with E-state index < -0.39 is 6.04 Å². The highest BCUT2D eigenvalue weighted by Crippen LogP contribution is 2.40. The number of methoxy groups -OCH3 is 2. The van der Waals surface area contributed by atoms with Crippen LogP contribution < -0.4 is 9.47 Å². The van der Waals surface area contributed by atoms with Crippen molar-refractivity contribution >= 4 is 17.6 Å². The Kier molecular flexibility index (Phi) is 8.48. The summed E-state index contributed by atoms with van der Waals surface area (Å²) >= 11 is 0. The SMILES string of the molecule is CCOC(=O)[C@@H]1CCCCN1CC(=O)N1N=C(c2cc(C)ccc2C)C[C@H]1c1cc(OC)ccc1OC. The van der Waals surface area contributed by atoms with Crippen LogP contribution in [0.4, 0.5) is 0 Å². The van der Waals surface area contributed by atoms with E-state index in [2.05, 4.69) is 32.0 Å². The molecule has 37 heavy (non-hydrogen) atoms. The van der Waals surface area contributed by atoms with Gasteiger partial charge < -0.3 is 14.2 Å². The molecule has 8 heteroatoms. The Hall–Kier alpha value is -3.39. The van der Waals surface area contributed by atoms with E-state index in [0.717, 1.165) is 40.8 Å². The second kappa shape index (κ2) is 11.8. The summed E-state index contributed by atoms with van der Waals surface area (Å²) in [6, 6.07) is 11.1. The number of hydrazone groups is 1. The third-order valence-electron chi connectivity index (χ3n) is 7.18. The molecule has 0 bridgehead atoms. The van der Waals surface area contributed by atoms with Crippen LogP contribution in [0.15, 0.2) is 41.5 Å². The second-order valence-electron chi connectivity index (χ2n) is 9.67. The van der Waals surface area contributed by atoms with Crippen LogP contribution in [-0.2, 0) is 14.3 Å². The molecule has 0 radical (unpaired) electrons. The zero-order chi connectivity index (χ0) is 26.5. The van der Waals surface area contributed by atoms with Gasteiger partial charge in [-0.15, -0.1) is 0 Å². The lowest BCUT2D eigenvalue weighted by molar-refractivity contribution is -0.152. The largest absolute Gasteiger partial charge is 0.497 e. The average Bonchev–Trinajstić information content (AvgIpc) is 3.35. The Morgan fingerprint density at radius 2 is 1.86 bits per heavy atom. The predicted octanol–water partition coefficient (Wildman–Crippen LogP) is 4.42. The third kappa shape index (κ3) is 5.80. The van der Waals surface area contributed by atoms with E-state index in [1.165, 1.54) is 0 Å². The minimum absolute atomic E-state index is 0.0931. The Labute approximate surface area is 219 Å². The minimum Gasteiger partial charge on any atom is -0.497 e. The van der Waals surface area contributed by atoms with Gasteiger partial charge >= 0.3 is 5.97 Å². The molecule has 2 atom stereocenters. The van der Waals surface area contributed by atoms with Gasteiger partial charge in [0.05, 0.1) is 39.1 Å². The molecule has 0 aromatic heterocycles. The number of nitrogens with zero attached hydrogens (tertiary/aromatic N) is 3. The van der Waals surface area contributed by atoms with E-state index in [1.807, 2.05) is 23.1 Å². The van der Waals surface area contributed by atoms with E-state index in [1.54, 1.807) is 26.2 Å². The molecular weight excluding hydrogens is 470 g/mol. The number of carbonyl (C=O) groups is 2. The Morgan fingerprint density at radius 3 is 2.59 bits per heavy atom. The minimum atomic E-state index is -0.410.